The molecule has 29 heavy (non-hydrogen) atoms. The van der Waals surface area contributed by atoms with Crippen molar-refractivity contribution in [2.24, 2.45) is 5.92 Å². The van der Waals surface area contributed by atoms with E-state index in [4.69, 9.17) is 4.74 Å². The lowest BCUT2D eigenvalue weighted by Crippen LogP contribution is -2.30. The third-order valence-corrected chi connectivity index (χ3v) is 5.26. The van der Waals surface area contributed by atoms with Crippen LogP contribution in [0, 0.1) is 11.7 Å². The molecule has 152 valence electrons. The van der Waals surface area contributed by atoms with E-state index in [0.29, 0.717) is 6.54 Å². The normalized spacial score (nSPS) is 18.5. The Balaban J connectivity index is 1.62. The monoisotopic (exact) mass is 399 g/mol. The van der Waals surface area contributed by atoms with Gasteiger partial charge in [0, 0.05) is 37.4 Å². The highest BCUT2D eigenvalue weighted by atomic mass is 19.1. The number of ether oxygens (including phenoxy) is 1. The van der Waals surface area contributed by atoms with Crippen molar-refractivity contribution in [2.45, 2.75) is 18.8 Å². The summed E-state index contributed by atoms with van der Waals surface area (Å²) in [5.41, 5.74) is 1.04. The molecule has 2 aromatic rings. The zero-order valence-corrected chi connectivity index (χ0v) is 16.0. The first-order valence-electron chi connectivity index (χ1n) is 9.33. The molecule has 0 aromatic heterocycles. The number of carboxylic acid groups (broad SMARTS) is 1. The maximum atomic E-state index is 13.8. The minimum absolute atomic E-state index is 0.0429. The number of Topliss-reactive ketones (excluding diaryl/α,β-unsaturated/α-hetero) is 1. The Morgan fingerprint density at radius 1 is 1.10 bits per heavy atom. The van der Waals surface area contributed by atoms with Gasteiger partial charge in [-0.25, -0.2) is 4.39 Å². The van der Waals surface area contributed by atoms with Crippen molar-refractivity contribution in [3.63, 3.8) is 0 Å². The van der Waals surface area contributed by atoms with Crippen LogP contribution in [-0.2, 0) is 9.59 Å². The predicted octanol–water partition coefficient (Wildman–Crippen LogP) is 3.12. The fraction of sp³-hybridized carbons (Fsp3) is 0.318. The summed E-state index contributed by atoms with van der Waals surface area (Å²) in [5.74, 6) is -3.15. The molecule has 3 rings (SSSR count). The van der Waals surface area contributed by atoms with Crippen molar-refractivity contribution < 1.29 is 28.6 Å². The van der Waals surface area contributed by atoms with Crippen molar-refractivity contribution in [3.05, 3.63) is 65.5 Å². The molecule has 2 aromatic carbocycles. The number of nitrogens with zero attached hydrogens (tertiary/aromatic N) is 1. The standard InChI is InChI=1S/C22H22FNO5/c1-29-20-9-7-15(11-18(20)23)19(25)8-10-21(26)24-12-16(17(13-24)22(27)28)14-5-3-2-4-6-14/h2-7,9,11,16-17H,8,10,12-13H2,1H3,(H,27,28)/t16-,17-/m0/s1. The molecule has 2 atom stereocenters. The molecule has 7 heteroatoms. The second kappa shape index (κ2) is 8.86. The predicted molar refractivity (Wildman–Crippen MR) is 103 cm³/mol. The highest BCUT2D eigenvalue weighted by Gasteiger charge is 2.40. The van der Waals surface area contributed by atoms with E-state index in [1.54, 1.807) is 0 Å². The van der Waals surface area contributed by atoms with Crippen LogP contribution in [0.3, 0.4) is 0 Å². The Kier molecular flexibility index (Phi) is 6.26. The first kappa shape index (κ1) is 20.5. The Bertz CT molecular complexity index is 915. The molecular formula is C22H22FNO5. The van der Waals surface area contributed by atoms with Gasteiger partial charge in [0.1, 0.15) is 0 Å². The molecule has 1 aliphatic rings. The summed E-state index contributed by atoms with van der Waals surface area (Å²) in [5, 5.41) is 9.54. The van der Waals surface area contributed by atoms with Gasteiger partial charge in [-0.05, 0) is 23.8 Å². The number of hydrogen-bond acceptors (Lipinski definition) is 4. The molecule has 0 bridgehead atoms. The van der Waals surface area contributed by atoms with Crippen LogP contribution in [0.4, 0.5) is 4.39 Å². The molecule has 1 heterocycles. The zero-order valence-electron chi connectivity index (χ0n) is 16.0. The maximum Gasteiger partial charge on any atom is 0.308 e. The summed E-state index contributed by atoms with van der Waals surface area (Å²) >= 11 is 0. The number of rotatable bonds is 7. The number of amides is 1. The third kappa shape index (κ3) is 4.62. The van der Waals surface area contributed by atoms with E-state index in [-0.39, 0.29) is 48.3 Å². The number of benzene rings is 2. The third-order valence-electron chi connectivity index (χ3n) is 5.26. The number of halogens is 1. The molecule has 0 spiro atoms. The molecule has 1 fully saturated rings. The average molecular weight is 399 g/mol. The lowest BCUT2D eigenvalue weighted by Gasteiger charge is -2.16. The van der Waals surface area contributed by atoms with Crippen LogP contribution in [-0.4, -0.2) is 47.9 Å². The largest absolute Gasteiger partial charge is 0.494 e. The highest BCUT2D eigenvalue weighted by Crippen LogP contribution is 2.33. The van der Waals surface area contributed by atoms with E-state index in [1.165, 1.54) is 24.1 Å². The first-order valence-corrected chi connectivity index (χ1v) is 9.33. The molecular weight excluding hydrogens is 377 g/mol. The van der Waals surface area contributed by atoms with Crippen LogP contribution in [0.1, 0.15) is 34.7 Å². The molecule has 1 N–H and O–H groups in total. The van der Waals surface area contributed by atoms with Crippen molar-refractivity contribution in [3.8, 4) is 5.75 Å². The van der Waals surface area contributed by atoms with Gasteiger partial charge in [0.25, 0.3) is 0 Å². The summed E-state index contributed by atoms with van der Waals surface area (Å²) in [6.45, 7) is 0.407. The number of methoxy groups -OCH3 is 1. The van der Waals surface area contributed by atoms with Gasteiger partial charge in [-0.3, -0.25) is 14.4 Å². The van der Waals surface area contributed by atoms with Crippen molar-refractivity contribution in [1.29, 1.82) is 0 Å². The van der Waals surface area contributed by atoms with E-state index < -0.39 is 17.7 Å². The molecule has 0 radical (unpaired) electrons. The van der Waals surface area contributed by atoms with Gasteiger partial charge in [-0.2, -0.15) is 0 Å². The van der Waals surface area contributed by atoms with Crippen LogP contribution in [0.2, 0.25) is 0 Å². The second-order valence-electron chi connectivity index (χ2n) is 7.03. The minimum atomic E-state index is -0.945. The lowest BCUT2D eigenvalue weighted by atomic mass is 9.89. The number of aliphatic carboxylic acids is 1. The number of hydrogen-bond donors (Lipinski definition) is 1. The Hall–Kier alpha value is -3.22. The molecule has 1 aliphatic heterocycles. The summed E-state index contributed by atoms with van der Waals surface area (Å²) in [7, 11) is 1.34. The number of carbonyl (C=O) groups is 3. The SMILES string of the molecule is COc1ccc(C(=O)CCC(=O)N2C[C@H](C(=O)O)[C@H](c3ccccc3)C2)cc1F. The maximum absolute atomic E-state index is 13.8. The first-order chi connectivity index (χ1) is 13.9. The fourth-order valence-corrected chi connectivity index (χ4v) is 3.66. The van der Waals surface area contributed by atoms with Crippen molar-refractivity contribution in [2.75, 3.05) is 20.2 Å². The average Bonchev–Trinajstić information content (AvgIpc) is 3.18. The van der Waals surface area contributed by atoms with Gasteiger partial charge < -0.3 is 14.7 Å². The van der Waals surface area contributed by atoms with Crippen LogP contribution < -0.4 is 4.74 Å². The van der Waals surface area contributed by atoms with Gasteiger partial charge in [0.05, 0.1) is 13.0 Å². The molecule has 6 nitrogen and oxygen atoms in total. The van der Waals surface area contributed by atoms with Gasteiger partial charge in [-0.1, -0.05) is 30.3 Å². The number of carbonyl (C=O) groups excluding carboxylic acids is 2. The molecule has 1 saturated heterocycles. The van der Waals surface area contributed by atoms with Crippen LogP contribution in [0.25, 0.3) is 0 Å². The number of ketones is 1. The van der Waals surface area contributed by atoms with E-state index in [0.717, 1.165) is 11.6 Å². The Labute approximate surface area is 167 Å². The Morgan fingerprint density at radius 3 is 2.45 bits per heavy atom. The van der Waals surface area contributed by atoms with Crippen molar-refractivity contribution >= 4 is 17.7 Å². The van der Waals surface area contributed by atoms with Crippen LogP contribution in [0.15, 0.2) is 48.5 Å². The Morgan fingerprint density at radius 2 is 1.83 bits per heavy atom. The molecule has 1 amide bonds. The summed E-state index contributed by atoms with van der Waals surface area (Å²) in [6, 6.07) is 13.2. The number of carboxylic acids is 1. The fourth-order valence-electron chi connectivity index (χ4n) is 3.66. The molecule has 0 unspecified atom stereocenters. The lowest BCUT2D eigenvalue weighted by molar-refractivity contribution is -0.141. The molecule has 0 saturated carbocycles. The van der Waals surface area contributed by atoms with Gasteiger partial charge >= 0.3 is 5.97 Å². The van der Waals surface area contributed by atoms with Gasteiger partial charge in [-0.15, -0.1) is 0 Å². The van der Waals surface area contributed by atoms with Gasteiger partial charge in [0.15, 0.2) is 17.3 Å². The van der Waals surface area contributed by atoms with Crippen LogP contribution >= 0.6 is 0 Å². The zero-order chi connectivity index (χ0) is 21.0. The van der Waals surface area contributed by atoms with E-state index in [2.05, 4.69) is 0 Å². The number of likely N-dealkylation sites (tertiary alicyclic amines) is 1. The highest BCUT2D eigenvalue weighted by molar-refractivity contribution is 5.98. The topological polar surface area (TPSA) is 83.9 Å². The molecule has 0 aliphatic carbocycles. The second-order valence-corrected chi connectivity index (χ2v) is 7.03. The van der Waals surface area contributed by atoms with E-state index >= 15 is 0 Å². The minimum Gasteiger partial charge on any atom is -0.494 e. The quantitative estimate of drug-likeness (QED) is 0.724. The summed E-state index contributed by atoms with van der Waals surface area (Å²) < 4.78 is 18.6. The summed E-state index contributed by atoms with van der Waals surface area (Å²) in [4.78, 5) is 38.0. The summed E-state index contributed by atoms with van der Waals surface area (Å²) in [6.07, 6.45) is -0.130. The van der Waals surface area contributed by atoms with E-state index in [9.17, 15) is 23.9 Å². The smallest absolute Gasteiger partial charge is 0.308 e. The van der Waals surface area contributed by atoms with Gasteiger partial charge in [0.2, 0.25) is 5.91 Å². The van der Waals surface area contributed by atoms with Crippen LogP contribution in [0.5, 0.6) is 5.75 Å². The van der Waals surface area contributed by atoms with E-state index in [1.807, 2.05) is 30.3 Å². The van der Waals surface area contributed by atoms with Crippen molar-refractivity contribution in [1.82, 2.24) is 4.90 Å².